The van der Waals surface area contributed by atoms with Crippen molar-refractivity contribution in [3.8, 4) is 0 Å². The SMILES string of the molecule is CC(C)(O/N=C(/C(=O)N[C@@H]1C(=O)N(S(=O)(=O)O)[C@@H]1Cn1nnc(CN)n1)c1csc(N)n1)C(=O)O. The third-order valence-corrected chi connectivity index (χ3v) is 6.21. The summed E-state index contributed by atoms with van der Waals surface area (Å²) in [5.74, 6) is -3.48. The maximum atomic E-state index is 13.0. The van der Waals surface area contributed by atoms with Gasteiger partial charge in [0.15, 0.2) is 16.7 Å². The Bertz CT molecular complexity index is 1290. The van der Waals surface area contributed by atoms with Crippen LogP contribution in [0.25, 0.3) is 0 Å². The number of anilines is 1. The van der Waals surface area contributed by atoms with Crippen molar-refractivity contribution in [1.29, 1.82) is 0 Å². The number of nitrogens with two attached hydrogens (primary N) is 2. The van der Waals surface area contributed by atoms with Crippen molar-refractivity contribution in [1.82, 2.24) is 34.8 Å². The van der Waals surface area contributed by atoms with E-state index in [0.29, 0.717) is 0 Å². The molecule has 0 aromatic carbocycles. The molecule has 2 atom stereocenters. The van der Waals surface area contributed by atoms with E-state index in [4.69, 9.17) is 16.3 Å². The van der Waals surface area contributed by atoms with Crippen molar-refractivity contribution in [2.75, 3.05) is 5.73 Å². The topological polar surface area (TPSA) is 271 Å². The van der Waals surface area contributed by atoms with E-state index in [9.17, 15) is 32.5 Å². The first-order chi connectivity index (χ1) is 16.2. The largest absolute Gasteiger partial charge is 0.478 e. The van der Waals surface area contributed by atoms with Crippen LogP contribution in [0.15, 0.2) is 10.5 Å². The van der Waals surface area contributed by atoms with Crippen LogP contribution in [0.5, 0.6) is 0 Å². The first-order valence-electron chi connectivity index (χ1n) is 9.54. The van der Waals surface area contributed by atoms with Crippen molar-refractivity contribution in [2.45, 2.75) is 44.6 Å². The van der Waals surface area contributed by atoms with Crippen LogP contribution >= 0.6 is 11.3 Å². The molecule has 2 aromatic heterocycles. The number of aromatic nitrogens is 5. The van der Waals surface area contributed by atoms with Crippen LogP contribution in [0.1, 0.15) is 25.4 Å². The molecule has 7 N–H and O–H groups in total. The molecule has 1 aliphatic heterocycles. The van der Waals surface area contributed by atoms with Gasteiger partial charge in [0, 0.05) is 5.38 Å². The first kappa shape index (κ1) is 25.9. The number of tetrazole rings is 1. The number of nitrogen functional groups attached to an aromatic ring is 1. The number of rotatable bonds is 10. The van der Waals surface area contributed by atoms with E-state index in [2.05, 4.69) is 30.9 Å². The monoisotopic (exact) mass is 532 g/mol. The Morgan fingerprint density at radius 3 is 2.60 bits per heavy atom. The van der Waals surface area contributed by atoms with Gasteiger partial charge >= 0.3 is 16.3 Å². The van der Waals surface area contributed by atoms with Gasteiger partial charge in [0.05, 0.1) is 13.1 Å². The molecule has 0 unspecified atom stereocenters. The number of thiazole rings is 1. The minimum atomic E-state index is -4.99. The summed E-state index contributed by atoms with van der Waals surface area (Å²) in [4.78, 5) is 46.6. The Morgan fingerprint density at radius 1 is 1.40 bits per heavy atom. The fraction of sp³-hybridized carbons (Fsp3) is 0.467. The van der Waals surface area contributed by atoms with E-state index in [1.165, 1.54) is 19.2 Å². The lowest BCUT2D eigenvalue weighted by atomic mass is 9.98. The molecule has 3 heterocycles. The zero-order chi connectivity index (χ0) is 26.1. The number of β-lactam (4-membered cyclic amide) rings is 1. The Morgan fingerprint density at radius 2 is 2.09 bits per heavy atom. The fourth-order valence-corrected chi connectivity index (χ4v) is 4.17. The van der Waals surface area contributed by atoms with Crippen molar-refractivity contribution < 1.29 is 37.3 Å². The normalized spacial score (nSPS) is 18.8. The molecule has 1 saturated heterocycles. The molecule has 2 amide bonds. The maximum Gasteiger partial charge on any atom is 0.362 e. The average molecular weight is 533 g/mol. The highest BCUT2D eigenvalue weighted by atomic mass is 32.2. The van der Waals surface area contributed by atoms with Gasteiger partial charge in [-0.25, -0.2) is 14.1 Å². The first-order valence-corrected chi connectivity index (χ1v) is 11.8. The number of carboxylic acid groups (broad SMARTS) is 1. The van der Waals surface area contributed by atoms with Crippen LogP contribution in [-0.2, 0) is 42.6 Å². The van der Waals surface area contributed by atoms with Gasteiger partial charge in [-0.15, -0.1) is 21.5 Å². The summed E-state index contributed by atoms with van der Waals surface area (Å²) in [6.07, 6.45) is 0. The van der Waals surface area contributed by atoms with Crippen molar-refractivity contribution in [2.24, 2.45) is 10.9 Å². The molecule has 2 aromatic rings. The minimum absolute atomic E-state index is 0.0566. The number of carbonyl (C=O) groups excluding carboxylic acids is 2. The molecule has 3 rings (SSSR count). The van der Waals surface area contributed by atoms with Gasteiger partial charge in [0.2, 0.25) is 5.60 Å². The molecule has 0 saturated carbocycles. The predicted octanol–water partition coefficient (Wildman–Crippen LogP) is -3.05. The third-order valence-electron chi connectivity index (χ3n) is 4.59. The summed E-state index contributed by atoms with van der Waals surface area (Å²) in [6.45, 7) is 1.91. The number of nitrogens with one attached hydrogen (secondary N) is 1. The smallest absolute Gasteiger partial charge is 0.362 e. The quantitative estimate of drug-likeness (QED) is 0.0880. The van der Waals surface area contributed by atoms with Crippen molar-refractivity contribution >= 4 is 50.3 Å². The Labute approximate surface area is 200 Å². The lowest BCUT2D eigenvalue weighted by molar-refractivity contribution is -0.161. The number of oxime groups is 1. The molecule has 18 nitrogen and oxygen atoms in total. The molecule has 1 aliphatic rings. The predicted molar refractivity (Wildman–Crippen MR) is 116 cm³/mol. The third kappa shape index (κ3) is 5.50. The van der Waals surface area contributed by atoms with Crippen LogP contribution in [0.2, 0.25) is 0 Å². The van der Waals surface area contributed by atoms with Gasteiger partial charge in [-0.2, -0.15) is 13.2 Å². The molecular formula is C15H20N10O8S2. The molecular weight excluding hydrogens is 512 g/mol. The highest BCUT2D eigenvalue weighted by molar-refractivity contribution is 7.84. The number of hydrogen-bond acceptors (Lipinski definition) is 14. The summed E-state index contributed by atoms with van der Waals surface area (Å²) in [7, 11) is -4.99. The molecule has 35 heavy (non-hydrogen) atoms. The minimum Gasteiger partial charge on any atom is -0.478 e. The highest BCUT2D eigenvalue weighted by Crippen LogP contribution is 2.25. The molecule has 20 heteroatoms. The Balaban J connectivity index is 1.89. The summed E-state index contributed by atoms with van der Waals surface area (Å²) in [5.41, 5.74) is 8.55. The number of amides is 2. The molecule has 0 radical (unpaired) electrons. The van der Waals surface area contributed by atoms with Gasteiger partial charge < -0.3 is 26.7 Å². The van der Waals surface area contributed by atoms with E-state index in [-0.39, 0.29) is 34.0 Å². The van der Waals surface area contributed by atoms with E-state index in [0.717, 1.165) is 16.1 Å². The van der Waals surface area contributed by atoms with Crippen LogP contribution in [0.4, 0.5) is 5.13 Å². The molecule has 1 fully saturated rings. The molecule has 0 spiro atoms. The number of carbonyl (C=O) groups is 3. The molecule has 0 aliphatic carbocycles. The van der Waals surface area contributed by atoms with Crippen molar-refractivity contribution in [3.63, 3.8) is 0 Å². The zero-order valence-electron chi connectivity index (χ0n) is 18.1. The number of hydrogen-bond donors (Lipinski definition) is 5. The lowest BCUT2D eigenvalue weighted by Gasteiger charge is -2.43. The van der Waals surface area contributed by atoms with Gasteiger partial charge in [-0.05, 0) is 19.1 Å². The number of nitrogens with zero attached hydrogens (tertiary/aromatic N) is 7. The number of aliphatic carboxylic acids is 1. The maximum absolute atomic E-state index is 13.0. The lowest BCUT2D eigenvalue weighted by Crippen LogP contribution is -2.73. The van der Waals surface area contributed by atoms with Crippen LogP contribution < -0.4 is 16.8 Å². The Hall–Kier alpha value is -3.75. The van der Waals surface area contributed by atoms with Gasteiger partial charge in [0.25, 0.3) is 11.8 Å². The zero-order valence-corrected chi connectivity index (χ0v) is 19.7. The van der Waals surface area contributed by atoms with E-state index in [1.807, 2.05) is 0 Å². The van der Waals surface area contributed by atoms with Gasteiger partial charge in [-0.1, -0.05) is 5.16 Å². The molecule has 190 valence electrons. The second kappa shape index (κ2) is 9.48. The second-order valence-corrected chi connectivity index (χ2v) is 9.69. The fourth-order valence-electron chi connectivity index (χ4n) is 2.75. The summed E-state index contributed by atoms with van der Waals surface area (Å²) < 4.78 is 33.0. The van der Waals surface area contributed by atoms with E-state index >= 15 is 0 Å². The highest BCUT2D eigenvalue weighted by Gasteiger charge is 2.54. The van der Waals surface area contributed by atoms with Crippen LogP contribution in [0.3, 0.4) is 0 Å². The molecule has 0 bridgehead atoms. The van der Waals surface area contributed by atoms with Crippen LogP contribution in [-0.4, -0.2) is 88.8 Å². The Kier molecular flexibility index (Phi) is 7.01. The second-order valence-electron chi connectivity index (χ2n) is 7.51. The summed E-state index contributed by atoms with van der Waals surface area (Å²) >= 11 is 0.949. The summed E-state index contributed by atoms with van der Waals surface area (Å²) in [5, 5.41) is 27.6. The van der Waals surface area contributed by atoms with Gasteiger partial charge in [-0.3, -0.25) is 14.1 Å². The summed E-state index contributed by atoms with van der Waals surface area (Å²) in [6, 6.07) is -2.83. The van der Waals surface area contributed by atoms with E-state index < -0.39 is 51.5 Å². The van der Waals surface area contributed by atoms with Gasteiger partial charge in [0.1, 0.15) is 17.8 Å². The van der Waals surface area contributed by atoms with Crippen LogP contribution in [0, 0.1) is 0 Å². The van der Waals surface area contributed by atoms with E-state index in [1.54, 1.807) is 0 Å². The average Bonchev–Trinajstić information content (AvgIpc) is 3.39. The number of carboxylic acids is 1. The standard InChI is InChI=1S/C15H20N10O8S2/c1-15(2,13(28)29)33-22-9(6-5-34-14(17)18-6)11(26)19-10-7(25(12(10)27)35(30,31)32)4-24-21-8(3-16)20-23-24/h5,7,10H,3-4,16H2,1-2H3,(H2,17,18)(H,19,26)(H,28,29)(H,30,31,32)/b22-9+/t7-,10+/m1/s1. The van der Waals surface area contributed by atoms with Crippen molar-refractivity contribution in [3.05, 3.63) is 16.9 Å².